The standard InChI is InChI=1S/C48H78NO10P/c1-6-8-10-12-14-16-18-20-21-22-23-24-26-28-30-32-34-38-47(52)56-42-44(43-58-60(54,55)57-41-40-49(3,4)5)59-48(53)39-35-37-46(51)45(50)36-33-31-29-27-25-19-17-15-13-11-9-7-2/h8-11,14-17,20-21,23-25,27-28,30-31,33,44-46,50-51H,6-7,12-13,18-19,22,26,29,32,34-43H2,1-5H3/b10-8-,11-9-,16-14-,17-15-,21-20-,24-23-,27-25-,30-28-,33-31-/t44-,45-,46-/m1/s1. The first-order valence-electron chi connectivity index (χ1n) is 21.8. The molecule has 0 heterocycles. The van der Waals surface area contributed by atoms with Crippen molar-refractivity contribution in [2.24, 2.45) is 0 Å². The van der Waals surface area contributed by atoms with Gasteiger partial charge < -0.3 is 38.1 Å². The van der Waals surface area contributed by atoms with Gasteiger partial charge in [-0.2, -0.15) is 0 Å². The van der Waals surface area contributed by atoms with Gasteiger partial charge in [-0.1, -0.05) is 123 Å². The number of rotatable bonds is 37. The number of hydrogen-bond donors (Lipinski definition) is 2. The monoisotopic (exact) mass is 860 g/mol. The van der Waals surface area contributed by atoms with Crippen molar-refractivity contribution in [3.8, 4) is 0 Å². The molecule has 0 rings (SSSR count). The molecule has 0 spiro atoms. The maximum absolute atomic E-state index is 12.7. The summed E-state index contributed by atoms with van der Waals surface area (Å²) >= 11 is 0. The highest BCUT2D eigenvalue weighted by Crippen LogP contribution is 2.38. The van der Waals surface area contributed by atoms with Gasteiger partial charge in [-0.15, -0.1) is 0 Å². The largest absolute Gasteiger partial charge is 0.756 e. The summed E-state index contributed by atoms with van der Waals surface area (Å²) in [6.45, 7) is 3.55. The van der Waals surface area contributed by atoms with Crippen LogP contribution in [0.1, 0.15) is 117 Å². The molecule has 0 aliphatic rings. The molecule has 340 valence electrons. The number of hydrogen-bond acceptors (Lipinski definition) is 10. The van der Waals surface area contributed by atoms with Crippen molar-refractivity contribution in [3.63, 3.8) is 0 Å². The summed E-state index contributed by atoms with van der Waals surface area (Å²) in [5, 5.41) is 20.8. The number of likely N-dealkylation sites (N-methyl/N-ethyl adjacent to an activating group) is 1. The van der Waals surface area contributed by atoms with Crippen LogP contribution in [0.2, 0.25) is 0 Å². The van der Waals surface area contributed by atoms with E-state index in [9.17, 15) is 29.3 Å². The normalized spacial score (nSPS) is 15.7. The van der Waals surface area contributed by atoms with Crippen molar-refractivity contribution < 1.29 is 52.3 Å². The lowest BCUT2D eigenvalue weighted by atomic mass is 10.0. The first-order valence-corrected chi connectivity index (χ1v) is 23.2. The lowest BCUT2D eigenvalue weighted by molar-refractivity contribution is -0.870. The highest BCUT2D eigenvalue weighted by molar-refractivity contribution is 7.45. The zero-order valence-electron chi connectivity index (χ0n) is 37.3. The molecule has 0 amide bonds. The molecule has 0 aromatic carbocycles. The quantitative estimate of drug-likeness (QED) is 0.0203. The maximum Gasteiger partial charge on any atom is 0.306 e. The summed E-state index contributed by atoms with van der Waals surface area (Å²) in [7, 11) is 0.934. The van der Waals surface area contributed by atoms with Gasteiger partial charge in [-0.25, -0.2) is 0 Å². The number of phosphoric acid groups is 1. The molecule has 60 heavy (non-hydrogen) atoms. The molecule has 0 radical (unpaired) electrons. The Balaban J connectivity index is 4.73. The minimum Gasteiger partial charge on any atom is -0.756 e. The Hall–Kier alpha value is -3.41. The zero-order valence-corrected chi connectivity index (χ0v) is 38.2. The van der Waals surface area contributed by atoms with Crippen molar-refractivity contribution in [3.05, 3.63) is 109 Å². The van der Waals surface area contributed by atoms with Crippen molar-refractivity contribution in [1.82, 2.24) is 0 Å². The van der Waals surface area contributed by atoms with Gasteiger partial charge in [0.05, 0.1) is 40.0 Å². The lowest BCUT2D eigenvalue weighted by Crippen LogP contribution is -2.37. The van der Waals surface area contributed by atoms with Gasteiger partial charge >= 0.3 is 11.9 Å². The second kappa shape index (κ2) is 38.5. The minimum absolute atomic E-state index is 0.0991. The van der Waals surface area contributed by atoms with Crippen LogP contribution in [0.4, 0.5) is 0 Å². The number of aliphatic hydroxyl groups is 2. The Kier molecular flexibility index (Phi) is 36.3. The van der Waals surface area contributed by atoms with E-state index < -0.39 is 51.3 Å². The SMILES string of the molecule is CC/C=C\C/C=C\C/C=C\C/C=C\C/C=C\CCCC(=O)OC[C@H](COP(=O)([O-])OCC[N+](C)(C)C)OC(=O)CCC[C@@H](O)[C@H](O)C/C=C\C/C=C\C/C=C\C/C=C\CC. The van der Waals surface area contributed by atoms with E-state index in [2.05, 4.69) is 92.8 Å². The minimum atomic E-state index is -4.73. The van der Waals surface area contributed by atoms with E-state index in [0.29, 0.717) is 30.3 Å². The van der Waals surface area contributed by atoms with Crippen molar-refractivity contribution in [2.45, 2.75) is 135 Å². The van der Waals surface area contributed by atoms with Crippen molar-refractivity contribution >= 4 is 19.8 Å². The van der Waals surface area contributed by atoms with Gasteiger partial charge in [-0.05, 0) is 89.9 Å². The van der Waals surface area contributed by atoms with Crippen LogP contribution in [-0.4, -0.2) is 92.5 Å². The van der Waals surface area contributed by atoms with E-state index in [4.69, 9.17) is 18.5 Å². The van der Waals surface area contributed by atoms with Gasteiger partial charge in [-0.3, -0.25) is 14.2 Å². The number of unbranched alkanes of at least 4 members (excludes halogenated alkanes) is 1. The lowest BCUT2D eigenvalue weighted by Gasteiger charge is -2.28. The second-order valence-corrected chi connectivity index (χ2v) is 16.7. The summed E-state index contributed by atoms with van der Waals surface area (Å²) in [6.07, 6.45) is 44.4. The molecule has 12 heteroatoms. The Morgan fingerprint density at radius 1 is 0.600 bits per heavy atom. The third kappa shape index (κ3) is 40.0. The number of nitrogens with zero attached hydrogens (tertiary/aromatic N) is 1. The first-order chi connectivity index (χ1) is 28.8. The fourth-order valence-corrected chi connectivity index (χ4v) is 5.74. The number of quaternary nitrogens is 1. The Bertz CT molecular complexity index is 1420. The number of carbonyl (C=O) groups excluding carboxylic acids is 2. The summed E-state index contributed by atoms with van der Waals surface area (Å²) < 4.78 is 33.6. The van der Waals surface area contributed by atoms with Crippen LogP contribution in [0, 0.1) is 0 Å². The molecular formula is C48H78NO10P. The van der Waals surface area contributed by atoms with E-state index >= 15 is 0 Å². The van der Waals surface area contributed by atoms with E-state index in [1.807, 2.05) is 51.5 Å². The molecule has 0 bridgehead atoms. The van der Waals surface area contributed by atoms with Crippen molar-refractivity contribution in [1.29, 1.82) is 0 Å². The number of aliphatic hydroxyl groups excluding tert-OH is 2. The van der Waals surface area contributed by atoms with Crippen LogP contribution >= 0.6 is 7.82 Å². The van der Waals surface area contributed by atoms with Crippen LogP contribution in [0.5, 0.6) is 0 Å². The molecule has 1 unspecified atom stereocenters. The molecule has 0 aliphatic heterocycles. The fraction of sp³-hybridized carbons (Fsp3) is 0.583. The third-order valence-corrected chi connectivity index (χ3v) is 9.45. The maximum atomic E-state index is 12.7. The highest BCUT2D eigenvalue weighted by atomic mass is 31.2. The predicted molar refractivity (Wildman–Crippen MR) is 243 cm³/mol. The summed E-state index contributed by atoms with van der Waals surface area (Å²) in [5.74, 6) is -1.20. The zero-order chi connectivity index (χ0) is 44.6. The van der Waals surface area contributed by atoms with Gasteiger partial charge in [0.1, 0.15) is 19.8 Å². The van der Waals surface area contributed by atoms with Gasteiger partial charge in [0.25, 0.3) is 7.82 Å². The molecule has 0 aliphatic carbocycles. The fourth-order valence-electron chi connectivity index (χ4n) is 5.01. The van der Waals surface area contributed by atoms with Crippen molar-refractivity contribution in [2.75, 3.05) is 47.5 Å². The molecule has 4 atom stereocenters. The molecule has 2 N–H and O–H groups in total. The van der Waals surface area contributed by atoms with Gasteiger partial charge in [0.2, 0.25) is 0 Å². The molecule has 0 fully saturated rings. The van der Waals surface area contributed by atoms with E-state index in [-0.39, 0.29) is 38.7 Å². The van der Waals surface area contributed by atoms with Gasteiger partial charge in [0, 0.05) is 12.8 Å². The predicted octanol–water partition coefficient (Wildman–Crippen LogP) is 9.66. The van der Waals surface area contributed by atoms with E-state index in [0.717, 1.165) is 51.4 Å². The molecule has 0 aromatic rings. The Morgan fingerprint density at radius 2 is 1.05 bits per heavy atom. The number of phosphoric ester groups is 1. The topological polar surface area (TPSA) is 152 Å². The van der Waals surface area contributed by atoms with Crippen LogP contribution in [0.15, 0.2) is 109 Å². The van der Waals surface area contributed by atoms with Gasteiger partial charge in [0.15, 0.2) is 6.10 Å². The van der Waals surface area contributed by atoms with Crippen LogP contribution < -0.4 is 4.89 Å². The average molecular weight is 860 g/mol. The molecule has 11 nitrogen and oxygen atoms in total. The highest BCUT2D eigenvalue weighted by Gasteiger charge is 2.22. The number of carbonyl (C=O) groups is 2. The van der Waals surface area contributed by atoms with Crippen LogP contribution in [0.3, 0.4) is 0 Å². The number of allylic oxidation sites excluding steroid dienone is 17. The second-order valence-electron chi connectivity index (χ2n) is 15.2. The summed E-state index contributed by atoms with van der Waals surface area (Å²) in [4.78, 5) is 37.6. The smallest absolute Gasteiger partial charge is 0.306 e. The Labute approximate surface area is 362 Å². The van der Waals surface area contributed by atoms with Crippen LogP contribution in [-0.2, 0) is 32.7 Å². The number of esters is 2. The number of ether oxygens (including phenoxy) is 2. The average Bonchev–Trinajstić information content (AvgIpc) is 3.19. The first kappa shape index (κ1) is 56.6. The third-order valence-electron chi connectivity index (χ3n) is 8.49. The molecule has 0 aromatic heterocycles. The molecule has 0 saturated heterocycles. The Morgan fingerprint density at radius 3 is 1.53 bits per heavy atom. The summed E-state index contributed by atoms with van der Waals surface area (Å²) in [5.41, 5.74) is 0. The van der Waals surface area contributed by atoms with E-state index in [1.165, 1.54) is 0 Å². The van der Waals surface area contributed by atoms with E-state index in [1.54, 1.807) is 0 Å². The summed E-state index contributed by atoms with van der Waals surface area (Å²) in [6, 6.07) is 0. The molecule has 0 saturated carbocycles. The van der Waals surface area contributed by atoms with Crippen LogP contribution in [0.25, 0.3) is 0 Å². The molecular weight excluding hydrogens is 781 g/mol.